The van der Waals surface area contributed by atoms with Crippen LogP contribution in [0.1, 0.15) is 19.4 Å². The van der Waals surface area contributed by atoms with Gasteiger partial charge >= 0.3 is 0 Å². The first kappa shape index (κ1) is 14.4. The fourth-order valence-electron chi connectivity index (χ4n) is 2.56. The van der Waals surface area contributed by atoms with Crippen LogP contribution in [-0.2, 0) is 0 Å². The van der Waals surface area contributed by atoms with Gasteiger partial charge in [-0.05, 0) is 40.0 Å². The van der Waals surface area contributed by atoms with E-state index >= 15 is 0 Å². The predicted molar refractivity (Wildman–Crippen MR) is 82.8 cm³/mol. The van der Waals surface area contributed by atoms with Crippen LogP contribution >= 0.6 is 0 Å². The molecule has 0 bridgehead atoms. The SMILES string of the molecule is Cc1ccc(NCCN2CCN(C)C(C)(C)C2)cc1. The number of nitrogens with one attached hydrogen (secondary N) is 1. The summed E-state index contributed by atoms with van der Waals surface area (Å²) in [5, 5.41) is 3.50. The second-order valence-electron chi connectivity index (χ2n) is 6.30. The van der Waals surface area contributed by atoms with Gasteiger partial charge in [0.2, 0.25) is 0 Å². The maximum Gasteiger partial charge on any atom is 0.0340 e. The maximum absolute atomic E-state index is 3.50. The molecule has 0 unspecified atom stereocenters. The third kappa shape index (κ3) is 3.95. The monoisotopic (exact) mass is 261 g/mol. The molecule has 2 rings (SSSR count). The number of rotatable bonds is 4. The molecule has 0 amide bonds. The molecule has 0 radical (unpaired) electrons. The fraction of sp³-hybridized carbons (Fsp3) is 0.625. The summed E-state index contributed by atoms with van der Waals surface area (Å²) in [4.78, 5) is 5.01. The third-order valence-electron chi connectivity index (χ3n) is 4.20. The first-order valence-corrected chi connectivity index (χ1v) is 7.21. The van der Waals surface area contributed by atoms with E-state index in [1.807, 2.05) is 0 Å². The van der Waals surface area contributed by atoms with Crippen LogP contribution < -0.4 is 5.32 Å². The number of aryl methyl sites for hydroxylation is 1. The van der Waals surface area contributed by atoms with Gasteiger partial charge in [-0.3, -0.25) is 9.80 Å². The number of hydrogen-bond donors (Lipinski definition) is 1. The Morgan fingerprint density at radius 1 is 1.16 bits per heavy atom. The maximum atomic E-state index is 3.50. The van der Waals surface area contributed by atoms with Crippen LogP contribution in [0.2, 0.25) is 0 Å². The fourth-order valence-corrected chi connectivity index (χ4v) is 2.56. The largest absolute Gasteiger partial charge is 0.384 e. The summed E-state index contributed by atoms with van der Waals surface area (Å²) in [5.74, 6) is 0. The van der Waals surface area contributed by atoms with Crippen molar-refractivity contribution in [2.75, 3.05) is 45.1 Å². The highest BCUT2D eigenvalue weighted by Gasteiger charge is 2.30. The lowest BCUT2D eigenvalue weighted by atomic mass is 10.00. The molecular weight excluding hydrogens is 234 g/mol. The molecule has 19 heavy (non-hydrogen) atoms. The summed E-state index contributed by atoms with van der Waals surface area (Å²) in [7, 11) is 2.22. The number of nitrogens with zero attached hydrogens (tertiary/aromatic N) is 2. The highest BCUT2D eigenvalue weighted by Crippen LogP contribution is 2.18. The van der Waals surface area contributed by atoms with Gasteiger partial charge in [-0.25, -0.2) is 0 Å². The lowest BCUT2D eigenvalue weighted by Gasteiger charge is -2.45. The van der Waals surface area contributed by atoms with Crippen LogP contribution in [0.15, 0.2) is 24.3 Å². The van der Waals surface area contributed by atoms with Crippen molar-refractivity contribution < 1.29 is 0 Å². The van der Waals surface area contributed by atoms with E-state index < -0.39 is 0 Å². The molecular formula is C16H27N3. The van der Waals surface area contributed by atoms with Gasteiger partial charge < -0.3 is 5.32 Å². The molecule has 0 saturated carbocycles. The van der Waals surface area contributed by atoms with Gasteiger partial charge in [-0.15, -0.1) is 0 Å². The van der Waals surface area contributed by atoms with Crippen molar-refractivity contribution in [2.24, 2.45) is 0 Å². The van der Waals surface area contributed by atoms with Crippen molar-refractivity contribution in [1.82, 2.24) is 9.80 Å². The van der Waals surface area contributed by atoms with E-state index in [1.54, 1.807) is 0 Å². The molecule has 1 fully saturated rings. The van der Waals surface area contributed by atoms with E-state index in [-0.39, 0.29) is 0 Å². The molecule has 0 aliphatic carbocycles. The zero-order chi connectivity index (χ0) is 13.9. The average Bonchev–Trinajstić information content (AvgIpc) is 2.36. The van der Waals surface area contributed by atoms with E-state index in [1.165, 1.54) is 17.8 Å². The second kappa shape index (κ2) is 5.93. The van der Waals surface area contributed by atoms with Crippen molar-refractivity contribution in [3.63, 3.8) is 0 Å². The molecule has 1 aliphatic heterocycles. The molecule has 0 spiro atoms. The Labute approximate surface area is 117 Å². The van der Waals surface area contributed by atoms with Gasteiger partial charge in [0.15, 0.2) is 0 Å². The van der Waals surface area contributed by atoms with Crippen LogP contribution in [0.5, 0.6) is 0 Å². The Morgan fingerprint density at radius 3 is 2.47 bits per heavy atom. The van der Waals surface area contributed by atoms with Crippen LogP contribution in [0, 0.1) is 6.92 Å². The summed E-state index contributed by atoms with van der Waals surface area (Å²) in [6, 6.07) is 8.62. The number of anilines is 1. The van der Waals surface area contributed by atoms with Crippen molar-refractivity contribution in [2.45, 2.75) is 26.3 Å². The van der Waals surface area contributed by atoms with Gasteiger partial charge in [0, 0.05) is 44.0 Å². The summed E-state index contributed by atoms with van der Waals surface area (Å²) in [6.45, 7) is 12.4. The molecule has 0 aromatic heterocycles. The Morgan fingerprint density at radius 2 is 1.84 bits per heavy atom. The summed E-state index contributed by atoms with van der Waals surface area (Å²) >= 11 is 0. The van der Waals surface area contributed by atoms with Gasteiger partial charge in [-0.2, -0.15) is 0 Å². The Hall–Kier alpha value is -1.06. The highest BCUT2D eigenvalue weighted by atomic mass is 15.3. The highest BCUT2D eigenvalue weighted by molar-refractivity contribution is 5.44. The van der Waals surface area contributed by atoms with E-state index in [4.69, 9.17) is 0 Å². The molecule has 1 aromatic rings. The molecule has 1 N–H and O–H groups in total. The first-order valence-electron chi connectivity index (χ1n) is 7.21. The average molecular weight is 261 g/mol. The summed E-state index contributed by atoms with van der Waals surface area (Å²) < 4.78 is 0. The number of piperazine rings is 1. The standard InChI is InChI=1S/C16H27N3/c1-14-5-7-15(8-6-14)17-9-10-19-12-11-18(4)16(2,3)13-19/h5-8,17H,9-13H2,1-4H3. The zero-order valence-electron chi connectivity index (χ0n) is 12.7. The van der Waals surface area contributed by atoms with Gasteiger partial charge in [-0.1, -0.05) is 17.7 Å². The molecule has 106 valence electrons. The molecule has 1 aliphatic rings. The lowest BCUT2D eigenvalue weighted by molar-refractivity contribution is 0.0423. The Kier molecular flexibility index (Phi) is 4.48. The Bertz CT molecular complexity index is 397. The molecule has 0 atom stereocenters. The van der Waals surface area contributed by atoms with Crippen molar-refractivity contribution in [3.05, 3.63) is 29.8 Å². The molecule has 3 heteroatoms. The first-order chi connectivity index (χ1) is 8.97. The van der Waals surface area contributed by atoms with Crippen molar-refractivity contribution in [3.8, 4) is 0 Å². The van der Waals surface area contributed by atoms with Crippen LogP contribution in [-0.4, -0.2) is 55.1 Å². The molecule has 1 heterocycles. The quantitative estimate of drug-likeness (QED) is 0.898. The topological polar surface area (TPSA) is 18.5 Å². The molecule has 3 nitrogen and oxygen atoms in total. The normalized spacial score (nSPS) is 20.4. The third-order valence-corrected chi connectivity index (χ3v) is 4.20. The van der Waals surface area contributed by atoms with E-state index in [0.29, 0.717) is 5.54 Å². The zero-order valence-corrected chi connectivity index (χ0v) is 12.7. The van der Waals surface area contributed by atoms with Gasteiger partial charge in [0.25, 0.3) is 0 Å². The number of hydrogen-bond acceptors (Lipinski definition) is 3. The number of benzene rings is 1. The smallest absolute Gasteiger partial charge is 0.0340 e. The van der Waals surface area contributed by atoms with Crippen LogP contribution in [0.3, 0.4) is 0 Å². The predicted octanol–water partition coefficient (Wildman–Crippen LogP) is 2.43. The van der Waals surface area contributed by atoms with Crippen molar-refractivity contribution >= 4 is 5.69 Å². The molecule has 1 aromatic carbocycles. The Balaban J connectivity index is 1.76. The van der Waals surface area contributed by atoms with Crippen LogP contribution in [0.4, 0.5) is 5.69 Å². The summed E-state index contributed by atoms with van der Waals surface area (Å²) in [6.07, 6.45) is 0. The molecule has 1 saturated heterocycles. The summed E-state index contributed by atoms with van der Waals surface area (Å²) in [5.41, 5.74) is 2.83. The van der Waals surface area contributed by atoms with Gasteiger partial charge in [0.1, 0.15) is 0 Å². The van der Waals surface area contributed by atoms with Crippen molar-refractivity contribution in [1.29, 1.82) is 0 Å². The second-order valence-corrected chi connectivity index (χ2v) is 6.30. The van der Waals surface area contributed by atoms with Crippen LogP contribution in [0.25, 0.3) is 0 Å². The van der Waals surface area contributed by atoms with E-state index in [9.17, 15) is 0 Å². The minimum absolute atomic E-state index is 0.294. The minimum Gasteiger partial charge on any atom is -0.384 e. The minimum atomic E-state index is 0.294. The number of likely N-dealkylation sites (N-methyl/N-ethyl adjacent to an activating group) is 1. The van der Waals surface area contributed by atoms with E-state index in [2.05, 4.69) is 67.2 Å². The van der Waals surface area contributed by atoms with Gasteiger partial charge in [0.05, 0.1) is 0 Å². The van der Waals surface area contributed by atoms with E-state index in [0.717, 1.165) is 26.2 Å². The lowest BCUT2D eigenvalue weighted by Crippen LogP contribution is -2.58.